The van der Waals surface area contributed by atoms with Crippen LogP contribution in [0.5, 0.6) is 5.75 Å². The van der Waals surface area contributed by atoms with Crippen molar-refractivity contribution in [1.29, 1.82) is 0 Å². The van der Waals surface area contributed by atoms with E-state index >= 15 is 0 Å². The van der Waals surface area contributed by atoms with Gasteiger partial charge in [0, 0.05) is 11.9 Å². The van der Waals surface area contributed by atoms with Crippen LogP contribution in [0.1, 0.15) is 29.9 Å². The summed E-state index contributed by atoms with van der Waals surface area (Å²) >= 11 is 0. The highest BCUT2D eigenvalue weighted by molar-refractivity contribution is 5.31. The highest BCUT2D eigenvalue weighted by atomic mass is 16.5. The lowest BCUT2D eigenvalue weighted by atomic mass is 10.0. The van der Waals surface area contributed by atoms with Crippen molar-refractivity contribution in [2.45, 2.75) is 19.9 Å². The van der Waals surface area contributed by atoms with Crippen LogP contribution in [-0.4, -0.2) is 23.6 Å². The van der Waals surface area contributed by atoms with Crippen LogP contribution in [0.2, 0.25) is 0 Å². The number of methoxy groups -OCH3 is 1. The van der Waals surface area contributed by atoms with Crippen molar-refractivity contribution in [1.82, 2.24) is 15.3 Å². The van der Waals surface area contributed by atoms with Gasteiger partial charge in [0.05, 0.1) is 25.0 Å². The molecule has 0 bridgehead atoms. The highest BCUT2D eigenvalue weighted by Gasteiger charge is 2.15. The summed E-state index contributed by atoms with van der Waals surface area (Å²) < 4.78 is 5.23. The number of rotatable bonds is 5. The smallest absolute Gasteiger partial charge is 0.137 e. The van der Waals surface area contributed by atoms with E-state index in [2.05, 4.69) is 22.2 Å². The van der Waals surface area contributed by atoms with Crippen molar-refractivity contribution < 1.29 is 4.74 Å². The SMILES string of the molecule is CCNC(c1cncc(OC)c1)c1cccc(C)n1. The van der Waals surface area contributed by atoms with E-state index < -0.39 is 0 Å². The minimum atomic E-state index is 0.0347. The predicted molar refractivity (Wildman–Crippen MR) is 75.3 cm³/mol. The summed E-state index contributed by atoms with van der Waals surface area (Å²) in [6.45, 7) is 4.93. The third-order valence-electron chi connectivity index (χ3n) is 2.92. The Labute approximate surface area is 113 Å². The standard InChI is InChI=1S/C15H19N3O/c1-4-17-15(14-7-5-6-11(2)18-14)12-8-13(19-3)10-16-9-12/h5-10,15,17H,4H2,1-3H3. The molecule has 0 saturated carbocycles. The van der Waals surface area contributed by atoms with E-state index in [9.17, 15) is 0 Å². The van der Waals surface area contributed by atoms with Gasteiger partial charge in [-0.1, -0.05) is 13.0 Å². The topological polar surface area (TPSA) is 47.0 Å². The number of ether oxygens (including phenoxy) is 1. The highest BCUT2D eigenvalue weighted by Crippen LogP contribution is 2.23. The second-order valence-electron chi connectivity index (χ2n) is 4.35. The Balaban J connectivity index is 2.38. The van der Waals surface area contributed by atoms with Crippen molar-refractivity contribution in [3.05, 3.63) is 53.6 Å². The van der Waals surface area contributed by atoms with Crippen LogP contribution < -0.4 is 10.1 Å². The van der Waals surface area contributed by atoms with Gasteiger partial charge in [-0.25, -0.2) is 0 Å². The van der Waals surface area contributed by atoms with Crippen LogP contribution >= 0.6 is 0 Å². The van der Waals surface area contributed by atoms with Crippen LogP contribution in [0.15, 0.2) is 36.7 Å². The fourth-order valence-corrected chi connectivity index (χ4v) is 2.03. The molecule has 2 rings (SSSR count). The lowest BCUT2D eigenvalue weighted by Gasteiger charge is -2.18. The van der Waals surface area contributed by atoms with E-state index in [4.69, 9.17) is 4.74 Å². The Hall–Kier alpha value is -1.94. The molecule has 0 radical (unpaired) electrons. The quantitative estimate of drug-likeness (QED) is 0.894. The third-order valence-corrected chi connectivity index (χ3v) is 2.92. The first-order valence-electron chi connectivity index (χ1n) is 6.40. The van der Waals surface area contributed by atoms with Gasteiger partial charge in [0.1, 0.15) is 5.75 Å². The summed E-state index contributed by atoms with van der Waals surface area (Å²) in [6.07, 6.45) is 3.55. The van der Waals surface area contributed by atoms with E-state index in [1.807, 2.05) is 37.4 Å². The molecule has 100 valence electrons. The second-order valence-corrected chi connectivity index (χ2v) is 4.35. The van der Waals surface area contributed by atoms with E-state index in [0.717, 1.165) is 29.2 Å². The maximum atomic E-state index is 5.23. The number of aryl methyl sites for hydroxylation is 1. The number of aromatic nitrogens is 2. The molecule has 0 saturated heterocycles. The van der Waals surface area contributed by atoms with Crippen LogP contribution in [-0.2, 0) is 0 Å². The first-order valence-corrected chi connectivity index (χ1v) is 6.40. The van der Waals surface area contributed by atoms with Crippen LogP contribution in [0.4, 0.5) is 0 Å². The molecule has 19 heavy (non-hydrogen) atoms. The van der Waals surface area contributed by atoms with Gasteiger partial charge in [0.25, 0.3) is 0 Å². The molecule has 1 atom stereocenters. The molecular weight excluding hydrogens is 238 g/mol. The van der Waals surface area contributed by atoms with Gasteiger partial charge in [0.15, 0.2) is 0 Å². The summed E-state index contributed by atoms with van der Waals surface area (Å²) in [5.41, 5.74) is 3.06. The first-order chi connectivity index (χ1) is 9.24. The molecule has 0 aliphatic heterocycles. The van der Waals surface area contributed by atoms with Gasteiger partial charge < -0.3 is 10.1 Å². The zero-order chi connectivity index (χ0) is 13.7. The second kappa shape index (κ2) is 6.29. The molecule has 0 fully saturated rings. The minimum Gasteiger partial charge on any atom is -0.495 e. The number of hydrogen-bond donors (Lipinski definition) is 1. The predicted octanol–water partition coefficient (Wildman–Crippen LogP) is 2.49. The molecule has 0 amide bonds. The molecule has 4 heteroatoms. The number of hydrogen-bond acceptors (Lipinski definition) is 4. The summed E-state index contributed by atoms with van der Waals surface area (Å²) in [4.78, 5) is 8.81. The Morgan fingerprint density at radius 2 is 2.16 bits per heavy atom. The molecule has 0 spiro atoms. The summed E-state index contributed by atoms with van der Waals surface area (Å²) in [5.74, 6) is 0.757. The molecule has 1 unspecified atom stereocenters. The lowest BCUT2D eigenvalue weighted by molar-refractivity contribution is 0.411. The van der Waals surface area contributed by atoms with E-state index in [1.54, 1.807) is 13.3 Å². The Morgan fingerprint density at radius 3 is 2.84 bits per heavy atom. The molecule has 2 heterocycles. The maximum Gasteiger partial charge on any atom is 0.137 e. The average molecular weight is 257 g/mol. The lowest BCUT2D eigenvalue weighted by Crippen LogP contribution is -2.23. The van der Waals surface area contributed by atoms with E-state index in [-0.39, 0.29) is 6.04 Å². The largest absolute Gasteiger partial charge is 0.495 e. The van der Waals surface area contributed by atoms with E-state index in [0.29, 0.717) is 0 Å². The Morgan fingerprint density at radius 1 is 1.32 bits per heavy atom. The van der Waals surface area contributed by atoms with Gasteiger partial charge >= 0.3 is 0 Å². The monoisotopic (exact) mass is 257 g/mol. The molecule has 0 aromatic carbocycles. The summed E-state index contributed by atoms with van der Waals surface area (Å²) in [6, 6.07) is 8.07. The van der Waals surface area contributed by atoms with Gasteiger partial charge in [-0.05, 0) is 37.2 Å². The van der Waals surface area contributed by atoms with Gasteiger partial charge in [0.2, 0.25) is 0 Å². The van der Waals surface area contributed by atoms with Gasteiger partial charge in [-0.2, -0.15) is 0 Å². The number of pyridine rings is 2. The number of nitrogens with one attached hydrogen (secondary N) is 1. The fourth-order valence-electron chi connectivity index (χ4n) is 2.03. The van der Waals surface area contributed by atoms with Crippen LogP contribution in [0.25, 0.3) is 0 Å². The molecular formula is C15H19N3O. The van der Waals surface area contributed by atoms with Crippen LogP contribution in [0.3, 0.4) is 0 Å². The van der Waals surface area contributed by atoms with Gasteiger partial charge in [-0.15, -0.1) is 0 Å². The molecule has 2 aromatic heterocycles. The molecule has 1 N–H and O–H groups in total. The normalized spacial score (nSPS) is 12.2. The maximum absolute atomic E-state index is 5.23. The zero-order valence-electron chi connectivity index (χ0n) is 11.6. The molecule has 4 nitrogen and oxygen atoms in total. The van der Waals surface area contributed by atoms with Crippen molar-refractivity contribution in [3.8, 4) is 5.75 Å². The minimum absolute atomic E-state index is 0.0347. The molecule has 0 aliphatic rings. The molecule has 0 aliphatic carbocycles. The first kappa shape index (κ1) is 13.5. The van der Waals surface area contributed by atoms with Crippen molar-refractivity contribution >= 4 is 0 Å². The summed E-state index contributed by atoms with van der Waals surface area (Å²) in [5, 5.41) is 3.44. The van der Waals surface area contributed by atoms with Crippen molar-refractivity contribution in [3.63, 3.8) is 0 Å². The van der Waals surface area contributed by atoms with Gasteiger partial charge in [-0.3, -0.25) is 9.97 Å². The Bertz CT molecular complexity index is 542. The summed E-state index contributed by atoms with van der Waals surface area (Å²) in [7, 11) is 1.65. The average Bonchev–Trinajstić information content (AvgIpc) is 2.45. The Kier molecular flexibility index (Phi) is 4.47. The van der Waals surface area contributed by atoms with Crippen molar-refractivity contribution in [2.24, 2.45) is 0 Å². The zero-order valence-corrected chi connectivity index (χ0v) is 11.6. The number of nitrogens with zero attached hydrogens (tertiary/aromatic N) is 2. The molecule has 2 aromatic rings. The van der Waals surface area contributed by atoms with E-state index in [1.165, 1.54) is 0 Å². The fraction of sp³-hybridized carbons (Fsp3) is 0.333. The van der Waals surface area contributed by atoms with Crippen LogP contribution in [0, 0.1) is 6.92 Å². The third kappa shape index (κ3) is 3.29. The van der Waals surface area contributed by atoms with Crippen molar-refractivity contribution in [2.75, 3.05) is 13.7 Å².